The van der Waals surface area contributed by atoms with Gasteiger partial charge in [0.25, 0.3) is 0 Å². The van der Waals surface area contributed by atoms with Crippen LogP contribution in [0.3, 0.4) is 0 Å². The van der Waals surface area contributed by atoms with Gasteiger partial charge in [0.1, 0.15) is 0 Å². The van der Waals surface area contributed by atoms with Crippen molar-refractivity contribution in [2.24, 2.45) is 0 Å². The Labute approximate surface area is 81.1 Å². The van der Waals surface area contributed by atoms with E-state index >= 15 is 0 Å². The molecule has 0 rings (SSSR count). The van der Waals surface area contributed by atoms with Crippen LogP contribution in [0.4, 0.5) is 0 Å². The molecule has 0 aliphatic carbocycles. The van der Waals surface area contributed by atoms with Gasteiger partial charge in [-0.05, 0) is 32.0 Å². The predicted molar refractivity (Wildman–Crippen MR) is 58.4 cm³/mol. The van der Waals surface area contributed by atoms with E-state index in [1.165, 1.54) is 12.8 Å². The molecule has 0 heterocycles. The topological polar surface area (TPSA) is 24.1 Å². The molecule has 0 aromatic heterocycles. The summed E-state index contributed by atoms with van der Waals surface area (Å²) in [5, 5.41) is 7.17. The van der Waals surface area contributed by atoms with Crippen molar-refractivity contribution >= 4 is 17.3 Å². The monoisotopic (exact) mass is 188 g/mol. The summed E-state index contributed by atoms with van der Waals surface area (Å²) in [5.41, 5.74) is 0. The maximum atomic E-state index is 5.09. The van der Waals surface area contributed by atoms with Gasteiger partial charge in [-0.3, -0.25) is 0 Å². The van der Waals surface area contributed by atoms with Gasteiger partial charge in [0, 0.05) is 12.6 Å². The Morgan fingerprint density at radius 1 is 1.33 bits per heavy atom. The molecule has 0 spiro atoms. The summed E-state index contributed by atoms with van der Waals surface area (Å²) in [6.07, 6.45) is 3.49. The molecular weight excluding hydrogens is 168 g/mol. The van der Waals surface area contributed by atoms with Crippen LogP contribution in [0.2, 0.25) is 0 Å². The molecule has 1 unspecified atom stereocenters. The van der Waals surface area contributed by atoms with Gasteiger partial charge in [-0.1, -0.05) is 20.3 Å². The van der Waals surface area contributed by atoms with Gasteiger partial charge in [-0.25, -0.2) is 0 Å². The minimum absolute atomic E-state index is 0.492. The van der Waals surface area contributed by atoms with Gasteiger partial charge in [0.15, 0.2) is 5.11 Å². The van der Waals surface area contributed by atoms with Gasteiger partial charge in [-0.15, -0.1) is 0 Å². The van der Waals surface area contributed by atoms with Gasteiger partial charge in [0.05, 0.1) is 0 Å². The predicted octanol–water partition coefficient (Wildman–Crippen LogP) is 2.05. The van der Waals surface area contributed by atoms with E-state index in [0.717, 1.165) is 18.1 Å². The molecule has 0 aliphatic rings. The molecule has 1 atom stereocenters. The fourth-order valence-corrected chi connectivity index (χ4v) is 1.32. The van der Waals surface area contributed by atoms with Crippen LogP contribution in [0.1, 0.15) is 40.0 Å². The SMILES string of the molecule is CCCNC(=S)NC(C)CCC. The Balaban J connectivity index is 3.40. The first-order valence-corrected chi connectivity index (χ1v) is 5.15. The highest BCUT2D eigenvalue weighted by Gasteiger charge is 2.00. The van der Waals surface area contributed by atoms with Gasteiger partial charge in [0.2, 0.25) is 0 Å². The Bertz CT molecular complexity index is 126. The fourth-order valence-electron chi connectivity index (χ4n) is 1.02. The fraction of sp³-hybridized carbons (Fsp3) is 0.889. The van der Waals surface area contributed by atoms with Crippen molar-refractivity contribution in [1.29, 1.82) is 0 Å². The summed E-state index contributed by atoms with van der Waals surface area (Å²) < 4.78 is 0. The lowest BCUT2D eigenvalue weighted by atomic mass is 10.2. The Morgan fingerprint density at radius 2 is 2.00 bits per heavy atom. The van der Waals surface area contributed by atoms with Crippen LogP contribution in [-0.2, 0) is 0 Å². The first kappa shape index (κ1) is 11.7. The van der Waals surface area contributed by atoms with Crippen LogP contribution in [0.25, 0.3) is 0 Å². The minimum atomic E-state index is 0.492. The average Bonchev–Trinajstić information content (AvgIpc) is 2.01. The first-order valence-electron chi connectivity index (χ1n) is 4.75. The summed E-state index contributed by atoms with van der Waals surface area (Å²) >= 11 is 5.09. The molecule has 0 fully saturated rings. The number of rotatable bonds is 5. The van der Waals surface area contributed by atoms with Crippen LogP contribution in [0.5, 0.6) is 0 Å². The number of nitrogens with one attached hydrogen (secondary N) is 2. The lowest BCUT2D eigenvalue weighted by molar-refractivity contribution is 0.590. The second-order valence-corrected chi connectivity index (χ2v) is 3.50. The Kier molecular flexibility index (Phi) is 7.16. The van der Waals surface area contributed by atoms with Gasteiger partial charge < -0.3 is 10.6 Å². The summed E-state index contributed by atoms with van der Waals surface area (Å²) in [7, 11) is 0. The van der Waals surface area contributed by atoms with Gasteiger partial charge >= 0.3 is 0 Å². The third kappa shape index (κ3) is 6.40. The molecule has 72 valence electrons. The van der Waals surface area contributed by atoms with E-state index in [1.54, 1.807) is 0 Å². The van der Waals surface area contributed by atoms with E-state index in [2.05, 4.69) is 31.4 Å². The third-order valence-electron chi connectivity index (χ3n) is 1.63. The molecule has 3 heteroatoms. The lowest BCUT2D eigenvalue weighted by Gasteiger charge is -2.15. The summed E-state index contributed by atoms with van der Waals surface area (Å²) in [6.45, 7) is 7.43. The molecule has 0 amide bonds. The third-order valence-corrected chi connectivity index (χ3v) is 1.90. The first-order chi connectivity index (χ1) is 5.70. The van der Waals surface area contributed by atoms with Crippen LogP contribution >= 0.6 is 12.2 Å². The molecule has 0 saturated carbocycles. The van der Waals surface area contributed by atoms with E-state index in [0.29, 0.717) is 6.04 Å². The smallest absolute Gasteiger partial charge is 0.166 e. The second kappa shape index (κ2) is 7.35. The zero-order chi connectivity index (χ0) is 9.40. The average molecular weight is 188 g/mol. The zero-order valence-electron chi connectivity index (χ0n) is 8.31. The van der Waals surface area contributed by atoms with E-state index in [4.69, 9.17) is 12.2 Å². The summed E-state index contributed by atoms with van der Waals surface area (Å²) in [5.74, 6) is 0. The largest absolute Gasteiger partial charge is 0.363 e. The standard InChI is InChI=1S/C9H20N2S/c1-4-6-8(3)11-9(12)10-7-5-2/h8H,4-7H2,1-3H3,(H2,10,11,12). The lowest BCUT2D eigenvalue weighted by Crippen LogP contribution is -2.40. The summed E-state index contributed by atoms with van der Waals surface area (Å²) in [4.78, 5) is 0. The quantitative estimate of drug-likeness (QED) is 0.646. The zero-order valence-corrected chi connectivity index (χ0v) is 9.13. The maximum absolute atomic E-state index is 5.09. The highest BCUT2D eigenvalue weighted by molar-refractivity contribution is 7.80. The second-order valence-electron chi connectivity index (χ2n) is 3.09. The normalized spacial score (nSPS) is 12.2. The van der Waals surface area contributed by atoms with Crippen molar-refractivity contribution in [3.05, 3.63) is 0 Å². The van der Waals surface area contributed by atoms with Crippen molar-refractivity contribution < 1.29 is 0 Å². The molecule has 0 aromatic rings. The molecule has 2 N–H and O–H groups in total. The molecule has 0 bridgehead atoms. The van der Waals surface area contributed by atoms with Crippen molar-refractivity contribution in [1.82, 2.24) is 10.6 Å². The summed E-state index contributed by atoms with van der Waals surface area (Å²) in [6, 6.07) is 0.492. The number of hydrogen-bond donors (Lipinski definition) is 2. The molecule has 12 heavy (non-hydrogen) atoms. The van der Waals surface area contributed by atoms with Crippen LogP contribution in [0.15, 0.2) is 0 Å². The molecule has 0 aliphatic heterocycles. The van der Waals surface area contributed by atoms with E-state index in [1.807, 2.05) is 0 Å². The number of thiocarbonyl (C=S) groups is 1. The molecular formula is C9H20N2S. The van der Waals surface area contributed by atoms with E-state index < -0.39 is 0 Å². The molecule has 0 aromatic carbocycles. The van der Waals surface area contributed by atoms with E-state index in [-0.39, 0.29) is 0 Å². The van der Waals surface area contributed by atoms with Crippen molar-refractivity contribution in [3.8, 4) is 0 Å². The van der Waals surface area contributed by atoms with Crippen LogP contribution < -0.4 is 10.6 Å². The maximum Gasteiger partial charge on any atom is 0.166 e. The molecule has 0 saturated heterocycles. The highest BCUT2D eigenvalue weighted by atomic mass is 32.1. The van der Waals surface area contributed by atoms with Crippen LogP contribution in [-0.4, -0.2) is 17.7 Å². The Morgan fingerprint density at radius 3 is 2.50 bits per heavy atom. The number of hydrogen-bond acceptors (Lipinski definition) is 1. The van der Waals surface area contributed by atoms with Crippen molar-refractivity contribution in [2.75, 3.05) is 6.54 Å². The molecule has 2 nitrogen and oxygen atoms in total. The Hall–Kier alpha value is -0.310. The van der Waals surface area contributed by atoms with E-state index in [9.17, 15) is 0 Å². The van der Waals surface area contributed by atoms with Crippen LogP contribution in [0, 0.1) is 0 Å². The molecule has 0 radical (unpaired) electrons. The van der Waals surface area contributed by atoms with Gasteiger partial charge in [-0.2, -0.15) is 0 Å². The minimum Gasteiger partial charge on any atom is -0.363 e. The van der Waals surface area contributed by atoms with Crippen molar-refractivity contribution in [2.45, 2.75) is 46.1 Å². The van der Waals surface area contributed by atoms with Crippen molar-refractivity contribution in [3.63, 3.8) is 0 Å². The highest BCUT2D eigenvalue weighted by Crippen LogP contribution is 1.93.